The topological polar surface area (TPSA) is 72.8 Å². The second kappa shape index (κ2) is 7.37. The fourth-order valence-electron chi connectivity index (χ4n) is 1.32. The van der Waals surface area contributed by atoms with Gasteiger partial charge < -0.3 is 9.47 Å². The van der Waals surface area contributed by atoms with Crippen molar-refractivity contribution in [3.8, 4) is 0 Å². The van der Waals surface area contributed by atoms with Gasteiger partial charge in [-0.25, -0.2) is 4.83 Å². The zero-order valence-electron chi connectivity index (χ0n) is 10.6. The van der Waals surface area contributed by atoms with Crippen LogP contribution in [0.15, 0.2) is 24.5 Å². The smallest absolute Gasteiger partial charge is 0.315 e. The van der Waals surface area contributed by atoms with Gasteiger partial charge in [0.15, 0.2) is 0 Å². The molecule has 1 N–H and O–H groups in total. The van der Waals surface area contributed by atoms with Crippen LogP contribution in [0.1, 0.15) is 0 Å². The molecule has 0 amide bonds. The molecule has 0 unspecified atom stereocenters. The van der Waals surface area contributed by atoms with Crippen molar-refractivity contribution in [1.82, 2.24) is 8.98 Å². The van der Waals surface area contributed by atoms with E-state index in [1.165, 1.54) is 23.2 Å². The Morgan fingerprint density at radius 2 is 1.61 bits per heavy atom. The van der Waals surface area contributed by atoms with Gasteiger partial charge in [-0.2, -0.15) is 12.7 Å². The van der Waals surface area contributed by atoms with E-state index < -0.39 is 10.2 Å². The van der Waals surface area contributed by atoms with E-state index in [4.69, 9.17) is 9.47 Å². The van der Waals surface area contributed by atoms with Gasteiger partial charge >= 0.3 is 10.2 Å². The number of nitrogens with zero attached hydrogens (tertiary/aromatic N) is 2. The van der Waals surface area contributed by atoms with E-state index in [0.717, 1.165) is 0 Å². The Kier molecular flexibility index (Phi) is 6.13. The van der Waals surface area contributed by atoms with E-state index in [0.29, 0.717) is 13.2 Å². The van der Waals surface area contributed by atoms with Crippen LogP contribution in [0.2, 0.25) is 0 Å². The van der Waals surface area contributed by atoms with Crippen molar-refractivity contribution >= 4 is 10.2 Å². The summed E-state index contributed by atoms with van der Waals surface area (Å²) in [4.78, 5) is 2.42. The molecule has 1 rings (SSSR count). The van der Waals surface area contributed by atoms with Gasteiger partial charge in [0.25, 0.3) is 0 Å². The third-order valence-electron chi connectivity index (χ3n) is 2.25. The number of nitrogens with one attached hydrogen (secondary N) is 1. The summed E-state index contributed by atoms with van der Waals surface area (Å²) in [5.74, 6) is 0. The Labute approximate surface area is 107 Å². The first-order chi connectivity index (χ1) is 8.60. The predicted molar refractivity (Wildman–Crippen MR) is 68.0 cm³/mol. The fraction of sp³-hybridized carbons (Fsp3) is 0.600. The lowest BCUT2D eigenvalue weighted by Gasteiger charge is -2.22. The average Bonchev–Trinajstić information content (AvgIpc) is 2.81. The van der Waals surface area contributed by atoms with Crippen LogP contribution in [0.3, 0.4) is 0 Å². The molecule has 18 heavy (non-hydrogen) atoms. The van der Waals surface area contributed by atoms with Crippen molar-refractivity contribution < 1.29 is 17.9 Å². The maximum atomic E-state index is 12.1. The van der Waals surface area contributed by atoms with Gasteiger partial charge in [-0.15, -0.1) is 0 Å². The molecule has 0 radical (unpaired) electrons. The van der Waals surface area contributed by atoms with Gasteiger partial charge in [0, 0.05) is 39.7 Å². The van der Waals surface area contributed by atoms with Crippen molar-refractivity contribution in [1.29, 1.82) is 0 Å². The molecule has 0 aliphatic rings. The van der Waals surface area contributed by atoms with Gasteiger partial charge in [-0.3, -0.25) is 4.68 Å². The lowest BCUT2D eigenvalue weighted by molar-refractivity contribution is 0.150. The van der Waals surface area contributed by atoms with Crippen molar-refractivity contribution in [2.75, 3.05) is 45.4 Å². The zero-order valence-corrected chi connectivity index (χ0v) is 11.4. The predicted octanol–water partition coefficient (Wildman–Crippen LogP) is -0.129. The van der Waals surface area contributed by atoms with Crippen molar-refractivity contribution in [3.63, 3.8) is 0 Å². The summed E-state index contributed by atoms with van der Waals surface area (Å²) in [6.45, 7) is 1.21. The molecular weight excluding hydrogens is 258 g/mol. The fourth-order valence-corrected chi connectivity index (χ4v) is 2.46. The number of hydrogen-bond donors (Lipinski definition) is 1. The molecule has 0 fully saturated rings. The van der Waals surface area contributed by atoms with Crippen LogP contribution in [0.5, 0.6) is 0 Å². The van der Waals surface area contributed by atoms with Crippen LogP contribution in [0.4, 0.5) is 0 Å². The normalized spacial score (nSPS) is 11.9. The molecule has 0 saturated carbocycles. The lowest BCUT2D eigenvalue weighted by Crippen LogP contribution is -2.42. The Bertz CT molecular complexity index is 410. The summed E-state index contributed by atoms with van der Waals surface area (Å²) < 4.78 is 36.6. The molecule has 0 aromatic carbocycles. The van der Waals surface area contributed by atoms with E-state index in [2.05, 4.69) is 4.83 Å². The van der Waals surface area contributed by atoms with Crippen LogP contribution in [0.25, 0.3) is 0 Å². The minimum atomic E-state index is -3.60. The molecule has 104 valence electrons. The van der Waals surface area contributed by atoms with Crippen LogP contribution in [-0.4, -0.2) is 57.9 Å². The summed E-state index contributed by atoms with van der Waals surface area (Å²) in [6, 6.07) is 3.47. The lowest BCUT2D eigenvalue weighted by atomic mass is 10.6. The van der Waals surface area contributed by atoms with Crippen LogP contribution in [-0.2, 0) is 19.7 Å². The molecule has 0 saturated heterocycles. The number of ether oxygens (including phenoxy) is 2. The third-order valence-corrected chi connectivity index (χ3v) is 3.74. The molecule has 0 aliphatic carbocycles. The molecular formula is C10H19N3O4S. The van der Waals surface area contributed by atoms with Crippen molar-refractivity contribution in [3.05, 3.63) is 24.5 Å². The molecule has 1 aromatic heterocycles. The number of methoxy groups -OCH3 is 2. The SMILES string of the molecule is COCCN(CCOC)S(=O)(=O)Nn1cccc1. The van der Waals surface area contributed by atoms with E-state index in [9.17, 15) is 8.42 Å². The Morgan fingerprint density at radius 3 is 2.06 bits per heavy atom. The first-order valence-corrected chi connectivity index (χ1v) is 6.93. The zero-order chi connectivity index (χ0) is 13.4. The summed E-state index contributed by atoms with van der Waals surface area (Å²) in [5.41, 5.74) is 0. The molecule has 7 nitrogen and oxygen atoms in total. The van der Waals surface area contributed by atoms with E-state index in [-0.39, 0.29) is 13.1 Å². The first-order valence-electron chi connectivity index (χ1n) is 5.49. The van der Waals surface area contributed by atoms with Crippen molar-refractivity contribution in [2.45, 2.75) is 0 Å². The van der Waals surface area contributed by atoms with E-state index >= 15 is 0 Å². The Balaban J connectivity index is 2.68. The maximum Gasteiger partial charge on any atom is 0.315 e. The van der Waals surface area contributed by atoms with E-state index in [1.54, 1.807) is 24.5 Å². The van der Waals surface area contributed by atoms with Gasteiger partial charge in [-0.1, -0.05) is 0 Å². The van der Waals surface area contributed by atoms with Gasteiger partial charge in [0.1, 0.15) is 0 Å². The van der Waals surface area contributed by atoms with Gasteiger partial charge in [0.2, 0.25) is 0 Å². The second-order valence-corrected chi connectivity index (χ2v) is 5.22. The molecule has 1 heterocycles. The van der Waals surface area contributed by atoms with Gasteiger partial charge in [-0.05, 0) is 12.1 Å². The molecule has 0 aliphatic heterocycles. The minimum absolute atomic E-state index is 0.274. The highest BCUT2D eigenvalue weighted by Crippen LogP contribution is 2.00. The summed E-state index contributed by atoms with van der Waals surface area (Å²) in [7, 11) is -0.547. The molecule has 8 heteroatoms. The number of hydrogen-bond acceptors (Lipinski definition) is 4. The second-order valence-electron chi connectivity index (χ2n) is 3.57. The first kappa shape index (κ1) is 15.0. The minimum Gasteiger partial charge on any atom is -0.383 e. The average molecular weight is 277 g/mol. The van der Waals surface area contributed by atoms with Crippen LogP contribution in [0, 0.1) is 0 Å². The third kappa shape index (κ3) is 4.65. The summed E-state index contributed by atoms with van der Waals surface area (Å²) in [5, 5.41) is 0. The van der Waals surface area contributed by atoms with Gasteiger partial charge in [0.05, 0.1) is 13.2 Å². The molecule has 0 spiro atoms. The highest BCUT2D eigenvalue weighted by molar-refractivity contribution is 7.90. The largest absolute Gasteiger partial charge is 0.383 e. The van der Waals surface area contributed by atoms with Crippen molar-refractivity contribution in [2.24, 2.45) is 0 Å². The molecule has 1 aromatic rings. The summed E-state index contributed by atoms with van der Waals surface area (Å²) in [6.07, 6.45) is 3.23. The molecule has 0 atom stereocenters. The quantitative estimate of drug-likeness (QED) is 0.682. The Hall–Kier alpha value is -1.09. The number of rotatable bonds is 9. The van der Waals surface area contributed by atoms with E-state index in [1.807, 2.05) is 0 Å². The maximum absolute atomic E-state index is 12.1. The molecule has 0 bridgehead atoms. The van der Waals surface area contributed by atoms with Crippen LogP contribution < -0.4 is 4.83 Å². The highest BCUT2D eigenvalue weighted by Gasteiger charge is 2.21. The summed E-state index contributed by atoms with van der Waals surface area (Å²) >= 11 is 0. The Morgan fingerprint density at radius 1 is 1.11 bits per heavy atom. The standard InChI is InChI=1S/C10H19N3O4S/c1-16-9-7-13(8-10-17-2)18(14,15)11-12-5-3-4-6-12/h3-6,11H,7-10H2,1-2H3. The highest BCUT2D eigenvalue weighted by atomic mass is 32.2. The van der Waals surface area contributed by atoms with Crippen LogP contribution >= 0.6 is 0 Å². The monoisotopic (exact) mass is 277 g/mol. The number of aromatic nitrogens is 1.